The summed E-state index contributed by atoms with van der Waals surface area (Å²) in [6.45, 7) is 4.62. The number of nitrogens with zero attached hydrogens (tertiary/aromatic N) is 1. The quantitative estimate of drug-likeness (QED) is 0.851. The van der Waals surface area contributed by atoms with Gasteiger partial charge in [-0.3, -0.25) is 0 Å². The van der Waals surface area contributed by atoms with Crippen LogP contribution >= 0.6 is 0 Å². The number of anilines is 1. The summed E-state index contributed by atoms with van der Waals surface area (Å²) in [5.74, 6) is 0.746. The normalized spacial score (nSPS) is 16.7. The average Bonchev–Trinajstić information content (AvgIpc) is 3.23. The lowest BCUT2D eigenvalue weighted by Crippen LogP contribution is -2.27. The Hall–Kier alpha value is -1.53. The minimum absolute atomic E-state index is 0.403. The molecule has 0 saturated heterocycles. The second kappa shape index (κ2) is 5.63. The van der Waals surface area contributed by atoms with Crippen LogP contribution in [0.1, 0.15) is 32.3 Å². The molecule has 1 saturated carbocycles. The fourth-order valence-corrected chi connectivity index (χ4v) is 2.24. The van der Waals surface area contributed by atoms with Crippen molar-refractivity contribution >= 4 is 5.69 Å². The van der Waals surface area contributed by atoms with Crippen LogP contribution in [0.2, 0.25) is 0 Å². The number of ether oxygens (including phenoxy) is 1. The Morgan fingerprint density at radius 3 is 2.47 bits per heavy atom. The molecule has 0 radical (unpaired) electrons. The van der Waals surface area contributed by atoms with Gasteiger partial charge in [-0.05, 0) is 50.3 Å². The van der Waals surface area contributed by atoms with Gasteiger partial charge in [-0.2, -0.15) is 5.26 Å². The first-order chi connectivity index (χ1) is 9.06. The third-order valence-corrected chi connectivity index (χ3v) is 3.78. The Bertz CT molecular complexity index is 455. The standard InChI is InChI=1S/C16H22N2O/c1-16(2,11-17)13-6-8-14(9-7-13)18-15(10-19-3)12-4-5-12/h6-9,12,15,18H,4-5,10H2,1-3H3. The van der Waals surface area contributed by atoms with Crippen LogP contribution in [0.15, 0.2) is 24.3 Å². The highest BCUT2D eigenvalue weighted by atomic mass is 16.5. The second-order valence-electron chi connectivity index (χ2n) is 5.86. The number of benzene rings is 1. The monoisotopic (exact) mass is 258 g/mol. The lowest BCUT2D eigenvalue weighted by Gasteiger charge is -2.20. The van der Waals surface area contributed by atoms with Crippen molar-refractivity contribution in [2.45, 2.75) is 38.1 Å². The number of methoxy groups -OCH3 is 1. The van der Waals surface area contributed by atoms with E-state index >= 15 is 0 Å². The van der Waals surface area contributed by atoms with Crippen molar-refractivity contribution in [1.29, 1.82) is 5.26 Å². The fourth-order valence-electron chi connectivity index (χ4n) is 2.24. The van der Waals surface area contributed by atoms with Gasteiger partial charge in [0, 0.05) is 12.8 Å². The van der Waals surface area contributed by atoms with E-state index in [9.17, 15) is 0 Å². The fraction of sp³-hybridized carbons (Fsp3) is 0.562. The van der Waals surface area contributed by atoms with Crippen molar-refractivity contribution in [3.63, 3.8) is 0 Å². The third kappa shape index (κ3) is 3.48. The van der Waals surface area contributed by atoms with E-state index in [1.54, 1.807) is 7.11 Å². The van der Waals surface area contributed by atoms with Gasteiger partial charge in [0.1, 0.15) is 0 Å². The van der Waals surface area contributed by atoms with E-state index in [4.69, 9.17) is 10.00 Å². The average molecular weight is 258 g/mol. The predicted molar refractivity (Wildman–Crippen MR) is 77.1 cm³/mol. The maximum absolute atomic E-state index is 9.13. The molecular weight excluding hydrogens is 236 g/mol. The Labute approximate surface area is 115 Å². The molecule has 0 aromatic heterocycles. The zero-order valence-corrected chi connectivity index (χ0v) is 11.9. The van der Waals surface area contributed by atoms with Gasteiger partial charge in [0.15, 0.2) is 0 Å². The van der Waals surface area contributed by atoms with E-state index in [1.165, 1.54) is 12.8 Å². The molecule has 1 N–H and O–H groups in total. The van der Waals surface area contributed by atoms with Crippen LogP contribution in [0.4, 0.5) is 5.69 Å². The highest BCUT2D eigenvalue weighted by molar-refractivity contribution is 5.48. The predicted octanol–water partition coefficient (Wildman–Crippen LogP) is 3.32. The maximum atomic E-state index is 9.13. The molecule has 19 heavy (non-hydrogen) atoms. The highest BCUT2D eigenvalue weighted by Crippen LogP contribution is 2.34. The van der Waals surface area contributed by atoms with Crippen LogP contribution in [0.3, 0.4) is 0 Å². The van der Waals surface area contributed by atoms with Crippen LogP contribution < -0.4 is 5.32 Å². The van der Waals surface area contributed by atoms with Gasteiger partial charge < -0.3 is 10.1 Å². The van der Waals surface area contributed by atoms with Crippen molar-refractivity contribution in [2.24, 2.45) is 5.92 Å². The van der Waals surface area contributed by atoms with Gasteiger partial charge in [0.05, 0.1) is 24.1 Å². The summed E-state index contributed by atoms with van der Waals surface area (Å²) in [5.41, 5.74) is 1.72. The van der Waals surface area contributed by atoms with E-state index in [-0.39, 0.29) is 0 Å². The largest absolute Gasteiger partial charge is 0.383 e. The molecule has 1 aromatic carbocycles. The Morgan fingerprint density at radius 1 is 1.37 bits per heavy atom. The highest BCUT2D eigenvalue weighted by Gasteiger charge is 2.31. The summed E-state index contributed by atoms with van der Waals surface area (Å²) in [5, 5.41) is 12.7. The van der Waals surface area contributed by atoms with E-state index in [0.29, 0.717) is 6.04 Å². The zero-order valence-electron chi connectivity index (χ0n) is 11.9. The van der Waals surface area contributed by atoms with Crippen molar-refractivity contribution in [3.8, 4) is 6.07 Å². The summed E-state index contributed by atoms with van der Waals surface area (Å²) in [6.07, 6.45) is 2.58. The van der Waals surface area contributed by atoms with Crippen LogP contribution in [-0.2, 0) is 10.2 Å². The first-order valence-corrected chi connectivity index (χ1v) is 6.84. The third-order valence-electron chi connectivity index (χ3n) is 3.78. The Balaban J connectivity index is 2.04. The summed E-state index contributed by atoms with van der Waals surface area (Å²) in [7, 11) is 1.75. The molecule has 102 valence electrons. The zero-order chi connectivity index (χ0) is 13.9. The van der Waals surface area contributed by atoms with E-state index in [0.717, 1.165) is 23.8 Å². The smallest absolute Gasteiger partial charge is 0.0766 e. The maximum Gasteiger partial charge on any atom is 0.0766 e. The number of hydrogen-bond donors (Lipinski definition) is 1. The molecule has 1 atom stereocenters. The Kier molecular flexibility index (Phi) is 4.11. The number of hydrogen-bond acceptors (Lipinski definition) is 3. The van der Waals surface area contributed by atoms with Gasteiger partial charge in [-0.1, -0.05) is 12.1 Å². The topological polar surface area (TPSA) is 45.0 Å². The Morgan fingerprint density at radius 2 is 2.00 bits per heavy atom. The van der Waals surface area contributed by atoms with E-state index < -0.39 is 5.41 Å². The van der Waals surface area contributed by atoms with E-state index in [1.807, 2.05) is 26.0 Å². The molecule has 0 spiro atoms. The van der Waals surface area contributed by atoms with Gasteiger partial charge in [0.25, 0.3) is 0 Å². The van der Waals surface area contributed by atoms with Gasteiger partial charge in [0.2, 0.25) is 0 Å². The minimum Gasteiger partial charge on any atom is -0.383 e. The molecule has 1 aromatic rings. The molecule has 1 fully saturated rings. The number of nitrogens with one attached hydrogen (secondary N) is 1. The first kappa shape index (κ1) is 13.9. The van der Waals surface area contributed by atoms with Crippen molar-refractivity contribution in [3.05, 3.63) is 29.8 Å². The molecular formula is C16H22N2O. The lowest BCUT2D eigenvalue weighted by molar-refractivity contribution is 0.179. The van der Waals surface area contributed by atoms with Crippen LogP contribution in [0.5, 0.6) is 0 Å². The molecule has 0 amide bonds. The lowest BCUT2D eigenvalue weighted by atomic mass is 9.86. The van der Waals surface area contributed by atoms with Crippen LogP contribution in [0.25, 0.3) is 0 Å². The summed E-state index contributed by atoms with van der Waals surface area (Å²) < 4.78 is 5.27. The molecule has 0 aliphatic heterocycles. The number of nitriles is 1. The number of rotatable bonds is 6. The van der Waals surface area contributed by atoms with E-state index in [2.05, 4.69) is 23.5 Å². The molecule has 1 aliphatic carbocycles. The molecule has 3 nitrogen and oxygen atoms in total. The summed E-state index contributed by atoms with van der Waals surface area (Å²) >= 11 is 0. The molecule has 3 heteroatoms. The van der Waals surface area contributed by atoms with Gasteiger partial charge in [-0.15, -0.1) is 0 Å². The molecule has 2 rings (SSSR count). The van der Waals surface area contributed by atoms with Crippen molar-refractivity contribution in [2.75, 3.05) is 19.0 Å². The van der Waals surface area contributed by atoms with Gasteiger partial charge in [-0.25, -0.2) is 0 Å². The van der Waals surface area contributed by atoms with Crippen LogP contribution in [-0.4, -0.2) is 19.8 Å². The van der Waals surface area contributed by atoms with Crippen molar-refractivity contribution < 1.29 is 4.74 Å². The second-order valence-corrected chi connectivity index (χ2v) is 5.86. The first-order valence-electron chi connectivity index (χ1n) is 6.84. The molecule has 1 aliphatic rings. The summed E-state index contributed by atoms with van der Waals surface area (Å²) in [6, 6.07) is 10.9. The van der Waals surface area contributed by atoms with Crippen molar-refractivity contribution in [1.82, 2.24) is 0 Å². The SMILES string of the molecule is COCC(Nc1ccc(C(C)(C)C#N)cc1)C1CC1. The molecule has 1 unspecified atom stereocenters. The summed E-state index contributed by atoms with van der Waals surface area (Å²) in [4.78, 5) is 0. The molecule has 0 bridgehead atoms. The minimum atomic E-state index is -0.430. The molecule has 0 heterocycles. The van der Waals surface area contributed by atoms with Crippen LogP contribution in [0, 0.1) is 17.2 Å². The van der Waals surface area contributed by atoms with Gasteiger partial charge >= 0.3 is 0 Å².